The number of hydrogen-bond acceptors (Lipinski definition) is 4. The maximum atomic E-state index is 11.5. The molecule has 2 N–H and O–H groups in total. The van der Waals surface area contributed by atoms with Crippen molar-refractivity contribution < 1.29 is 9.21 Å². The molecule has 0 aromatic carbocycles. The lowest BCUT2D eigenvalue weighted by Gasteiger charge is -1.96. The van der Waals surface area contributed by atoms with E-state index in [2.05, 4.69) is 20.5 Å². The summed E-state index contributed by atoms with van der Waals surface area (Å²) in [7, 11) is 0. The first-order valence-electron chi connectivity index (χ1n) is 4.55. The SMILES string of the molecule is CCc1ccc(C(=O)Nc2ncn[nH]2)o1. The van der Waals surface area contributed by atoms with Crippen molar-refractivity contribution in [2.45, 2.75) is 13.3 Å². The lowest BCUT2D eigenvalue weighted by molar-refractivity contribution is 0.0994. The van der Waals surface area contributed by atoms with Crippen molar-refractivity contribution in [3.8, 4) is 0 Å². The molecule has 0 fully saturated rings. The van der Waals surface area contributed by atoms with Crippen molar-refractivity contribution in [1.82, 2.24) is 15.2 Å². The summed E-state index contributed by atoms with van der Waals surface area (Å²) in [5.41, 5.74) is 0. The Hall–Kier alpha value is -2.11. The lowest BCUT2D eigenvalue weighted by Crippen LogP contribution is -2.11. The zero-order chi connectivity index (χ0) is 10.7. The van der Waals surface area contributed by atoms with Crippen molar-refractivity contribution >= 4 is 11.9 Å². The smallest absolute Gasteiger partial charge is 0.293 e. The molecule has 2 heterocycles. The minimum absolute atomic E-state index is 0.267. The van der Waals surface area contributed by atoms with Gasteiger partial charge in [0.25, 0.3) is 5.91 Å². The van der Waals surface area contributed by atoms with E-state index in [0.29, 0.717) is 5.95 Å². The van der Waals surface area contributed by atoms with Crippen LogP contribution in [0.1, 0.15) is 23.2 Å². The van der Waals surface area contributed by atoms with Crippen molar-refractivity contribution in [2.75, 3.05) is 5.32 Å². The zero-order valence-corrected chi connectivity index (χ0v) is 8.15. The van der Waals surface area contributed by atoms with Crippen molar-refractivity contribution in [3.63, 3.8) is 0 Å². The van der Waals surface area contributed by atoms with Gasteiger partial charge in [-0.1, -0.05) is 6.92 Å². The molecule has 0 saturated heterocycles. The largest absolute Gasteiger partial charge is 0.456 e. The number of nitrogens with zero attached hydrogens (tertiary/aromatic N) is 2. The van der Waals surface area contributed by atoms with Gasteiger partial charge in [-0.05, 0) is 12.1 Å². The third kappa shape index (κ3) is 2.04. The molecular formula is C9H10N4O2. The van der Waals surface area contributed by atoms with Crippen LogP contribution in [0.15, 0.2) is 22.9 Å². The van der Waals surface area contributed by atoms with Gasteiger partial charge in [-0.3, -0.25) is 10.1 Å². The Kier molecular flexibility index (Phi) is 2.49. The number of aryl methyl sites for hydroxylation is 1. The number of carbonyl (C=O) groups is 1. The maximum Gasteiger partial charge on any atom is 0.293 e. The van der Waals surface area contributed by atoms with Crippen molar-refractivity contribution in [1.29, 1.82) is 0 Å². The van der Waals surface area contributed by atoms with Gasteiger partial charge >= 0.3 is 0 Å². The molecule has 6 nitrogen and oxygen atoms in total. The molecule has 0 spiro atoms. The Morgan fingerprint density at radius 2 is 2.47 bits per heavy atom. The molecule has 0 unspecified atom stereocenters. The molecule has 2 aromatic rings. The Morgan fingerprint density at radius 1 is 1.60 bits per heavy atom. The molecule has 6 heteroatoms. The Labute approximate surface area is 85.7 Å². The highest BCUT2D eigenvalue weighted by Crippen LogP contribution is 2.09. The second kappa shape index (κ2) is 3.95. The molecule has 0 atom stereocenters. The van der Waals surface area contributed by atoms with E-state index in [1.54, 1.807) is 12.1 Å². The molecule has 0 aliphatic heterocycles. The summed E-state index contributed by atoms with van der Waals surface area (Å²) in [6, 6.07) is 3.40. The second-order valence-corrected chi connectivity index (χ2v) is 2.91. The number of anilines is 1. The first kappa shape index (κ1) is 9.45. The number of rotatable bonds is 3. The first-order chi connectivity index (χ1) is 7.29. The highest BCUT2D eigenvalue weighted by atomic mass is 16.3. The summed E-state index contributed by atoms with van der Waals surface area (Å²) >= 11 is 0. The highest BCUT2D eigenvalue weighted by molar-refractivity contribution is 6.01. The average molecular weight is 206 g/mol. The molecule has 15 heavy (non-hydrogen) atoms. The van der Waals surface area contributed by atoms with Gasteiger partial charge in [0, 0.05) is 6.42 Å². The minimum atomic E-state index is -0.341. The minimum Gasteiger partial charge on any atom is -0.456 e. The fourth-order valence-corrected chi connectivity index (χ4v) is 1.12. The predicted octanol–water partition coefficient (Wildman–Crippen LogP) is 1.21. The van der Waals surface area contributed by atoms with Crippen LogP contribution in [0.5, 0.6) is 0 Å². The lowest BCUT2D eigenvalue weighted by atomic mass is 10.3. The molecule has 2 aromatic heterocycles. The second-order valence-electron chi connectivity index (χ2n) is 2.91. The number of aromatic nitrogens is 3. The van der Waals surface area contributed by atoms with E-state index in [9.17, 15) is 4.79 Å². The summed E-state index contributed by atoms with van der Waals surface area (Å²) in [5.74, 6) is 1.00. The molecule has 78 valence electrons. The zero-order valence-electron chi connectivity index (χ0n) is 8.15. The van der Waals surface area contributed by atoms with E-state index >= 15 is 0 Å². The van der Waals surface area contributed by atoms with Crippen LogP contribution in [0.2, 0.25) is 0 Å². The maximum absolute atomic E-state index is 11.5. The Balaban J connectivity index is 2.08. The summed E-state index contributed by atoms with van der Waals surface area (Å²) in [6.07, 6.45) is 2.07. The van der Waals surface area contributed by atoms with E-state index in [-0.39, 0.29) is 11.7 Å². The van der Waals surface area contributed by atoms with Gasteiger partial charge in [0.2, 0.25) is 5.95 Å². The summed E-state index contributed by atoms with van der Waals surface area (Å²) in [6.45, 7) is 1.96. The molecule has 0 radical (unpaired) electrons. The van der Waals surface area contributed by atoms with Gasteiger partial charge in [0.1, 0.15) is 12.1 Å². The number of furan rings is 1. The number of hydrogen-bond donors (Lipinski definition) is 2. The van der Waals surface area contributed by atoms with Gasteiger partial charge in [-0.25, -0.2) is 5.10 Å². The van der Waals surface area contributed by atoms with Gasteiger partial charge in [0.15, 0.2) is 5.76 Å². The number of amides is 1. The molecule has 2 rings (SSSR count). The van der Waals surface area contributed by atoms with Gasteiger partial charge in [-0.15, -0.1) is 0 Å². The van der Waals surface area contributed by atoms with Crippen molar-refractivity contribution in [3.05, 3.63) is 30.0 Å². The van der Waals surface area contributed by atoms with E-state index in [4.69, 9.17) is 4.42 Å². The van der Waals surface area contributed by atoms with Crippen LogP contribution >= 0.6 is 0 Å². The van der Waals surface area contributed by atoms with E-state index in [1.807, 2.05) is 6.92 Å². The predicted molar refractivity (Wildman–Crippen MR) is 52.4 cm³/mol. The van der Waals surface area contributed by atoms with Crippen LogP contribution in [0.25, 0.3) is 0 Å². The number of aromatic amines is 1. The average Bonchev–Trinajstić information content (AvgIpc) is 2.86. The van der Waals surface area contributed by atoms with Crippen LogP contribution in [-0.2, 0) is 6.42 Å². The Morgan fingerprint density at radius 3 is 3.07 bits per heavy atom. The molecule has 0 saturated carbocycles. The number of H-pyrrole nitrogens is 1. The van der Waals surface area contributed by atoms with Gasteiger partial charge in [-0.2, -0.15) is 10.1 Å². The van der Waals surface area contributed by atoms with Gasteiger partial charge in [0.05, 0.1) is 0 Å². The van der Waals surface area contributed by atoms with Crippen LogP contribution in [0.3, 0.4) is 0 Å². The number of nitrogens with one attached hydrogen (secondary N) is 2. The highest BCUT2D eigenvalue weighted by Gasteiger charge is 2.11. The van der Waals surface area contributed by atoms with Crippen LogP contribution < -0.4 is 5.32 Å². The van der Waals surface area contributed by atoms with E-state index in [1.165, 1.54) is 6.33 Å². The van der Waals surface area contributed by atoms with Crippen molar-refractivity contribution in [2.24, 2.45) is 0 Å². The third-order valence-electron chi connectivity index (χ3n) is 1.88. The van der Waals surface area contributed by atoms with Gasteiger partial charge < -0.3 is 4.42 Å². The first-order valence-corrected chi connectivity index (χ1v) is 4.55. The summed E-state index contributed by atoms with van der Waals surface area (Å²) < 4.78 is 5.27. The quantitative estimate of drug-likeness (QED) is 0.790. The molecular weight excluding hydrogens is 196 g/mol. The van der Waals surface area contributed by atoms with E-state index < -0.39 is 0 Å². The third-order valence-corrected chi connectivity index (χ3v) is 1.88. The summed E-state index contributed by atoms with van der Waals surface area (Å²) in [5, 5.41) is 8.65. The molecule has 0 aliphatic carbocycles. The Bertz CT molecular complexity index is 446. The van der Waals surface area contributed by atoms with Crippen LogP contribution in [0.4, 0.5) is 5.95 Å². The standard InChI is InChI=1S/C9H10N4O2/c1-2-6-3-4-7(15-6)8(14)12-9-10-5-11-13-9/h3-5H,2H2,1H3,(H2,10,11,12,13,14). The van der Waals surface area contributed by atoms with E-state index in [0.717, 1.165) is 12.2 Å². The molecule has 0 bridgehead atoms. The monoisotopic (exact) mass is 206 g/mol. The topological polar surface area (TPSA) is 83.8 Å². The fourth-order valence-electron chi connectivity index (χ4n) is 1.12. The van der Waals surface area contributed by atoms with Crippen LogP contribution in [0, 0.1) is 0 Å². The fraction of sp³-hybridized carbons (Fsp3) is 0.222. The normalized spacial score (nSPS) is 10.2. The summed E-state index contributed by atoms with van der Waals surface area (Å²) in [4.78, 5) is 15.3. The van der Waals surface area contributed by atoms with Crippen LogP contribution in [-0.4, -0.2) is 21.1 Å². The number of carbonyl (C=O) groups excluding carboxylic acids is 1. The molecule has 0 aliphatic rings. The molecule has 1 amide bonds.